The summed E-state index contributed by atoms with van der Waals surface area (Å²) >= 11 is -2.38. The standard InChI is InChI=1S/C5H12O3S/c1-4-5(2,3)8-9(6)7/h4H2,1-3H3,(H,6,7)/p-1. The molecule has 3 nitrogen and oxygen atoms in total. The van der Waals surface area contributed by atoms with Crippen molar-refractivity contribution in [3.63, 3.8) is 0 Å². The molecule has 0 spiro atoms. The van der Waals surface area contributed by atoms with Crippen molar-refractivity contribution in [3.8, 4) is 0 Å². The fourth-order valence-corrected chi connectivity index (χ4v) is 0.729. The maximum absolute atomic E-state index is 9.95. The molecule has 0 saturated heterocycles. The first-order valence-corrected chi connectivity index (χ1v) is 3.76. The molecule has 0 fully saturated rings. The lowest BCUT2D eigenvalue weighted by Crippen LogP contribution is -2.23. The Balaban J connectivity index is 3.71. The van der Waals surface area contributed by atoms with E-state index in [1.54, 1.807) is 13.8 Å². The molecule has 1 atom stereocenters. The zero-order valence-corrected chi connectivity index (χ0v) is 6.66. The number of rotatable bonds is 3. The first-order chi connectivity index (χ1) is 3.98. The van der Waals surface area contributed by atoms with Crippen molar-refractivity contribution >= 4 is 11.4 Å². The van der Waals surface area contributed by atoms with Gasteiger partial charge in [0.15, 0.2) is 0 Å². The van der Waals surface area contributed by atoms with Crippen LogP contribution in [0.1, 0.15) is 27.2 Å². The van der Waals surface area contributed by atoms with Crippen LogP contribution in [-0.2, 0) is 15.5 Å². The Morgan fingerprint density at radius 3 is 2.22 bits per heavy atom. The van der Waals surface area contributed by atoms with E-state index in [-0.39, 0.29) is 0 Å². The van der Waals surface area contributed by atoms with Gasteiger partial charge in [-0.05, 0) is 20.3 Å². The van der Waals surface area contributed by atoms with E-state index >= 15 is 0 Å². The van der Waals surface area contributed by atoms with Crippen molar-refractivity contribution in [2.45, 2.75) is 32.8 Å². The van der Waals surface area contributed by atoms with Gasteiger partial charge in [-0.15, -0.1) is 0 Å². The second-order valence-corrected chi connectivity index (χ2v) is 2.98. The van der Waals surface area contributed by atoms with Crippen LogP contribution in [-0.4, -0.2) is 14.4 Å². The van der Waals surface area contributed by atoms with Crippen LogP contribution in [0.3, 0.4) is 0 Å². The summed E-state index contributed by atoms with van der Waals surface area (Å²) in [6, 6.07) is 0. The molecule has 0 rings (SSSR count). The predicted octanol–water partition coefficient (Wildman–Crippen LogP) is 0.986. The topological polar surface area (TPSA) is 49.4 Å². The van der Waals surface area contributed by atoms with E-state index in [2.05, 4.69) is 4.18 Å². The highest BCUT2D eigenvalue weighted by atomic mass is 32.2. The molecule has 0 aliphatic carbocycles. The Kier molecular flexibility index (Phi) is 3.32. The summed E-state index contributed by atoms with van der Waals surface area (Å²) in [6.45, 7) is 5.32. The number of hydrogen-bond donors (Lipinski definition) is 0. The molecule has 0 aromatic rings. The minimum Gasteiger partial charge on any atom is -0.750 e. The Morgan fingerprint density at radius 2 is 2.11 bits per heavy atom. The van der Waals surface area contributed by atoms with Crippen molar-refractivity contribution in [1.29, 1.82) is 0 Å². The molecular formula is C5H11O3S-. The lowest BCUT2D eigenvalue weighted by Gasteiger charge is -2.23. The summed E-state index contributed by atoms with van der Waals surface area (Å²) in [7, 11) is 0. The van der Waals surface area contributed by atoms with Gasteiger partial charge in [0.2, 0.25) is 0 Å². The predicted molar refractivity (Wildman–Crippen MR) is 34.4 cm³/mol. The maximum Gasteiger partial charge on any atom is 0.0847 e. The summed E-state index contributed by atoms with van der Waals surface area (Å²) in [6.07, 6.45) is 0.682. The molecular weight excluding hydrogens is 140 g/mol. The summed E-state index contributed by atoms with van der Waals surface area (Å²) in [4.78, 5) is 0. The third-order valence-electron chi connectivity index (χ3n) is 1.15. The van der Waals surface area contributed by atoms with Gasteiger partial charge in [-0.3, -0.25) is 4.18 Å². The van der Waals surface area contributed by atoms with Gasteiger partial charge >= 0.3 is 0 Å². The van der Waals surface area contributed by atoms with Gasteiger partial charge in [0.05, 0.1) is 17.0 Å². The van der Waals surface area contributed by atoms with E-state index < -0.39 is 17.0 Å². The summed E-state index contributed by atoms with van der Waals surface area (Å²) < 4.78 is 24.4. The summed E-state index contributed by atoms with van der Waals surface area (Å²) in [5.74, 6) is 0. The average Bonchev–Trinajstić information content (AvgIpc) is 1.63. The van der Waals surface area contributed by atoms with Crippen LogP contribution in [0.15, 0.2) is 0 Å². The SMILES string of the molecule is CCC(C)(C)OS(=O)[O-]. The van der Waals surface area contributed by atoms with Crippen molar-refractivity contribution in [3.05, 3.63) is 0 Å². The second-order valence-electron chi connectivity index (χ2n) is 2.40. The zero-order chi connectivity index (χ0) is 7.49. The molecule has 1 unspecified atom stereocenters. The largest absolute Gasteiger partial charge is 0.750 e. The smallest absolute Gasteiger partial charge is 0.0847 e. The van der Waals surface area contributed by atoms with Crippen LogP contribution in [0.2, 0.25) is 0 Å². The molecule has 0 bridgehead atoms. The molecule has 0 radical (unpaired) electrons. The minimum atomic E-state index is -2.38. The average molecular weight is 151 g/mol. The van der Waals surface area contributed by atoms with Crippen LogP contribution >= 0.6 is 0 Å². The molecule has 56 valence electrons. The lowest BCUT2D eigenvalue weighted by molar-refractivity contribution is 0.109. The molecule has 0 aromatic heterocycles. The maximum atomic E-state index is 9.95. The number of hydrogen-bond acceptors (Lipinski definition) is 3. The highest BCUT2D eigenvalue weighted by Crippen LogP contribution is 2.13. The van der Waals surface area contributed by atoms with Crippen LogP contribution in [0.5, 0.6) is 0 Å². The zero-order valence-electron chi connectivity index (χ0n) is 5.84. The molecule has 9 heavy (non-hydrogen) atoms. The first-order valence-electron chi connectivity index (χ1n) is 2.76. The van der Waals surface area contributed by atoms with Crippen molar-refractivity contribution in [1.82, 2.24) is 0 Å². The molecule has 0 aliphatic rings. The Labute approximate surface area is 57.9 Å². The van der Waals surface area contributed by atoms with Gasteiger partial charge in [-0.1, -0.05) is 6.92 Å². The van der Waals surface area contributed by atoms with Crippen LogP contribution in [0.4, 0.5) is 0 Å². The molecule has 0 amide bonds. The monoisotopic (exact) mass is 151 g/mol. The van der Waals surface area contributed by atoms with E-state index in [0.29, 0.717) is 6.42 Å². The van der Waals surface area contributed by atoms with E-state index in [1.165, 1.54) is 0 Å². The fraction of sp³-hybridized carbons (Fsp3) is 1.00. The van der Waals surface area contributed by atoms with Gasteiger partial charge < -0.3 is 4.55 Å². The van der Waals surface area contributed by atoms with Crippen LogP contribution < -0.4 is 0 Å². The lowest BCUT2D eigenvalue weighted by atomic mass is 10.1. The minimum absolute atomic E-state index is 0.549. The normalized spacial score (nSPS) is 15.6. The quantitative estimate of drug-likeness (QED) is 0.565. The Morgan fingerprint density at radius 1 is 1.67 bits per heavy atom. The van der Waals surface area contributed by atoms with Crippen LogP contribution in [0.25, 0.3) is 0 Å². The molecule has 0 aromatic carbocycles. The molecule has 4 heteroatoms. The highest BCUT2D eigenvalue weighted by Gasteiger charge is 2.15. The third-order valence-corrected chi connectivity index (χ3v) is 1.73. The highest BCUT2D eigenvalue weighted by molar-refractivity contribution is 7.74. The third kappa shape index (κ3) is 4.57. The van der Waals surface area contributed by atoms with E-state index in [4.69, 9.17) is 0 Å². The van der Waals surface area contributed by atoms with Crippen molar-refractivity contribution in [2.75, 3.05) is 0 Å². The molecule has 0 aliphatic heterocycles. The van der Waals surface area contributed by atoms with E-state index in [1.807, 2.05) is 6.92 Å². The van der Waals surface area contributed by atoms with Gasteiger partial charge in [-0.25, -0.2) is 4.21 Å². The first kappa shape index (κ1) is 9.07. The van der Waals surface area contributed by atoms with Gasteiger partial charge in [0.1, 0.15) is 0 Å². The second kappa shape index (κ2) is 3.29. The van der Waals surface area contributed by atoms with Crippen LogP contribution in [0, 0.1) is 0 Å². The van der Waals surface area contributed by atoms with E-state index in [0.717, 1.165) is 0 Å². The Hall–Kier alpha value is 0.0700. The fourth-order valence-electron chi connectivity index (χ4n) is 0.243. The van der Waals surface area contributed by atoms with E-state index in [9.17, 15) is 8.76 Å². The molecule has 0 saturated carbocycles. The Bertz CT molecular complexity index is 111. The summed E-state index contributed by atoms with van der Waals surface area (Å²) in [5.41, 5.74) is -0.549. The molecule has 0 heterocycles. The van der Waals surface area contributed by atoms with Gasteiger partial charge in [-0.2, -0.15) is 0 Å². The molecule has 0 N–H and O–H groups in total. The van der Waals surface area contributed by atoms with Crippen molar-refractivity contribution < 1.29 is 12.9 Å². The van der Waals surface area contributed by atoms with Gasteiger partial charge in [0, 0.05) is 0 Å². The summed E-state index contributed by atoms with van der Waals surface area (Å²) in [5, 5.41) is 0. The van der Waals surface area contributed by atoms with Gasteiger partial charge in [0.25, 0.3) is 0 Å². The van der Waals surface area contributed by atoms with Crippen molar-refractivity contribution in [2.24, 2.45) is 0 Å².